The molecule has 3 rings (SSSR count). The number of benzene rings is 2. The molecule has 0 heterocycles. The quantitative estimate of drug-likeness (QED) is 0.833. The second-order valence-corrected chi connectivity index (χ2v) is 6.82. The van der Waals surface area contributed by atoms with Gasteiger partial charge in [-0.15, -0.1) is 0 Å². The Labute approximate surface area is 145 Å². The smallest absolute Gasteiger partial charge is 0.232 e. The molecular weight excluding hydrogens is 294 g/mol. The first-order chi connectivity index (χ1) is 11.8. The van der Waals surface area contributed by atoms with Crippen molar-refractivity contribution in [1.82, 2.24) is 5.32 Å². The summed E-state index contributed by atoms with van der Waals surface area (Å²) >= 11 is 0. The summed E-state index contributed by atoms with van der Waals surface area (Å²) in [5, 5.41) is 3.38. The second-order valence-electron chi connectivity index (χ2n) is 6.82. The van der Waals surface area contributed by atoms with Gasteiger partial charge in [0.25, 0.3) is 0 Å². The van der Waals surface area contributed by atoms with Gasteiger partial charge in [0, 0.05) is 6.04 Å². The molecule has 1 saturated carbocycles. The maximum atomic E-state index is 13.2. The van der Waals surface area contributed by atoms with Crippen molar-refractivity contribution >= 4 is 5.91 Å². The summed E-state index contributed by atoms with van der Waals surface area (Å²) in [5.74, 6) is 0.527. The lowest BCUT2D eigenvalue weighted by molar-refractivity contribution is -0.123. The highest BCUT2D eigenvalue weighted by atomic mass is 16.1. The first kappa shape index (κ1) is 16.8. The lowest BCUT2D eigenvalue weighted by atomic mass is 9.82. The fraction of sp³-hybridized carbons (Fsp3) is 0.409. The highest BCUT2D eigenvalue weighted by molar-refractivity contribution is 5.87. The number of hydrogen-bond acceptors (Lipinski definition) is 1. The highest BCUT2D eigenvalue weighted by Gasteiger charge is 2.29. The summed E-state index contributed by atoms with van der Waals surface area (Å²) in [6.45, 7) is 2.24. The molecule has 2 atom stereocenters. The number of carbonyl (C=O) groups excluding carboxylic acids is 1. The fourth-order valence-corrected chi connectivity index (χ4v) is 3.94. The predicted octanol–water partition coefficient (Wildman–Crippen LogP) is 4.90. The van der Waals surface area contributed by atoms with E-state index in [0.29, 0.717) is 12.0 Å². The van der Waals surface area contributed by atoms with Gasteiger partial charge < -0.3 is 5.32 Å². The van der Waals surface area contributed by atoms with Crippen molar-refractivity contribution in [2.75, 3.05) is 0 Å². The summed E-state index contributed by atoms with van der Waals surface area (Å²) in [7, 11) is 0. The molecule has 24 heavy (non-hydrogen) atoms. The van der Waals surface area contributed by atoms with Gasteiger partial charge in [0.2, 0.25) is 5.91 Å². The molecule has 1 amide bonds. The van der Waals surface area contributed by atoms with E-state index < -0.39 is 0 Å². The van der Waals surface area contributed by atoms with Gasteiger partial charge in [-0.05, 0) is 29.9 Å². The van der Waals surface area contributed by atoms with Crippen molar-refractivity contribution in [3.63, 3.8) is 0 Å². The van der Waals surface area contributed by atoms with Crippen LogP contribution in [0.5, 0.6) is 0 Å². The van der Waals surface area contributed by atoms with Gasteiger partial charge in [0.15, 0.2) is 0 Å². The third-order valence-corrected chi connectivity index (χ3v) is 5.29. The van der Waals surface area contributed by atoms with Crippen LogP contribution in [0.1, 0.15) is 56.1 Å². The van der Waals surface area contributed by atoms with E-state index in [0.717, 1.165) is 24.0 Å². The second kappa shape index (κ2) is 8.14. The summed E-state index contributed by atoms with van der Waals surface area (Å²) in [6.07, 6.45) is 6.02. The van der Waals surface area contributed by atoms with Crippen molar-refractivity contribution < 1.29 is 4.79 Å². The van der Waals surface area contributed by atoms with Crippen LogP contribution in [0.2, 0.25) is 0 Å². The third-order valence-electron chi connectivity index (χ3n) is 5.29. The van der Waals surface area contributed by atoms with E-state index in [1.165, 1.54) is 19.3 Å². The normalized spacial score (nSPS) is 20.8. The molecule has 0 saturated heterocycles. The Kier molecular flexibility index (Phi) is 5.68. The minimum Gasteiger partial charge on any atom is -0.352 e. The molecule has 2 heteroatoms. The number of carbonyl (C=O) groups is 1. The lowest BCUT2D eigenvalue weighted by Crippen LogP contribution is -2.44. The van der Waals surface area contributed by atoms with E-state index in [4.69, 9.17) is 0 Å². The van der Waals surface area contributed by atoms with Gasteiger partial charge in [0.1, 0.15) is 0 Å². The van der Waals surface area contributed by atoms with Crippen LogP contribution in [0.25, 0.3) is 0 Å². The fourth-order valence-electron chi connectivity index (χ4n) is 3.94. The number of rotatable bonds is 5. The molecule has 126 valence electrons. The molecule has 1 N–H and O–H groups in total. The maximum absolute atomic E-state index is 13.2. The SMILES string of the molecule is CCC1CCCCC1NC(=O)C(c1ccccc1)c1ccccc1. The van der Waals surface area contributed by atoms with E-state index in [-0.39, 0.29) is 11.8 Å². The molecule has 2 nitrogen and oxygen atoms in total. The van der Waals surface area contributed by atoms with Crippen LogP contribution in [-0.4, -0.2) is 11.9 Å². The highest BCUT2D eigenvalue weighted by Crippen LogP contribution is 2.29. The zero-order chi connectivity index (χ0) is 16.8. The van der Waals surface area contributed by atoms with Crippen LogP contribution in [0, 0.1) is 5.92 Å². The molecule has 2 unspecified atom stereocenters. The maximum Gasteiger partial charge on any atom is 0.232 e. The zero-order valence-corrected chi connectivity index (χ0v) is 14.4. The molecule has 2 aromatic rings. The van der Waals surface area contributed by atoms with Crippen LogP contribution in [0.3, 0.4) is 0 Å². The van der Waals surface area contributed by atoms with E-state index in [1.807, 2.05) is 36.4 Å². The first-order valence-corrected chi connectivity index (χ1v) is 9.20. The van der Waals surface area contributed by atoms with E-state index in [9.17, 15) is 4.79 Å². The summed E-state index contributed by atoms with van der Waals surface area (Å²) in [4.78, 5) is 13.2. The van der Waals surface area contributed by atoms with Gasteiger partial charge in [0.05, 0.1) is 5.92 Å². The molecule has 2 aromatic carbocycles. The van der Waals surface area contributed by atoms with Gasteiger partial charge in [-0.3, -0.25) is 4.79 Å². The van der Waals surface area contributed by atoms with Crippen LogP contribution < -0.4 is 5.32 Å². The first-order valence-electron chi connectivity index (χ1n) is 9.20. The van der Waals surface area contributed by atoms with Crippen molar-refractivity contribution in [2.45, 2.75) is 51.0 Å². The third kappa shape index (κ3) is 3.87. The number of hydrogen-bond donors (Lipinski definition) is 1. The Bertz CT molecular complexity index is 598. The predicted molar refractivity (Wildman–Crippen MR) is 98.9 cm³/mol. The van der Waals surface area contributed by atoms with Gasteiger partial charge in [-0.2, -0.15) is 0 Å². The Hall–Kier alpha value is -2.09. The minimum absolute atomic E-state index is 0.137. The Morgan fingerprint density at radius 3 is 2.04 bits per heavy atom. The largest absolute Gasteiger partial charge is 0.352 e. The topological polar surface area (TPSA) is 29.1 Å². The standard InChI is InChI=1S/C22H27NO/c1-2-17-11-9-10-16-20(17)23-22(24)21(18-12-5-3-6-13-18)19-14-7-4-8-15-19/h3-8,12-15,17,20-21H,2,9-11,16H2,1H3,(H,23,24). The van der Waals surface area contributed by atoms with Crippen LogP contribution in [-0.2, 0) is 4.79 Å². The number of amides is 1. The number of nitrogens with one attached hydrogen (secondary N) is 1. The molecule has 0 spiro atoms. The summed E-state index contributed by atoms with van der Waals surface area (Å²) in [6, 6.07) is 20.6. The van der Waals surface area contributed by atoms with Crippen molar-refractivity contribution in [1.29, 1.82) is 0 Å². The molecule has 1 aliphatic rings. The molecule has 1 aliphatic carbocycles. The zero-order valence-electron chi connectivity index (χ0n) is 14.4. The lowest BCUT2D eigenvalue weighted by Gasteiger charge is -2.33. The Morgan fingerprint density at radius 2 is 1.50 bits per heavy atom. The molecule has 0 radical (unpaired) electrons. The molecule has 0 bridgehead atoms. The van der Waals surface area contributed by atoms with Crippen LogP contribution in [0.4, 0.5) is 0 Å². The molecule has 0 aromatic heterocycles. The van der Waals surface area contributed by atoms with E-state index in [1.54, 1.807) is 0 Å². The van der Waals surface area contributed by atoms with Crippen LogP contribution >= 0.6 is 0 Å². The minimum atomic E-state index is -0.230. The summed E-state index contributed by atoms with van der Waals surface area (Å²) in [5.41, 5.74) is 2.12. The van der Waals surface area contributed by atoms with Crippen molar-refractivity contribution in [3.05, 3.63) is 71.8 Å². The monoisotopic (exact) mass is 321 g/mol. The summed E-state index contributed by atoms with van der Waals surface area (Å²) < 4.78 is 0. The van der Waals surface area contributed by atoms with E-state index in [2.05, 4.69) is 36.5 Å². The van der Waals surface area contributed by atoms with Crippen molar-refractivity contribution in [2.24, 2.45) is 5.92 Å². The average molecular weight is 321 g/mol. The van der Waals surface area contributed by atoms with Gasteiger partial charge >= 0.3 is 0 Å². The molecular formula is C22H27NO. The van der Waals surface area contributed by atoms with Crippen molar-refractivity contribution in [3.8, 4) is 0 Å². The Morgan fingerprint density at radius 1 is 0.958 bits per heavy atom. The average Bonchev–Trinajstić information content (AvgIpc) is 2.64. The van der Waals surface area contributed by atoms with Gasteiger partial charge in [-0.25, -0.2) is 0 Å². The van der Waals surface area contributed by atoms with Gasteiger partial charge in [-0.1, -0.05) is 86.8 Å². The van der Waals surface area contributed by atoms with Crippen LogP contribution in [0.15, 0.2) is 60.7 Å². The van der Waals surface area contributed by atoms with E-state index >= 15 is 0 Å². The Balaban J connectivity index is 1.84. The molecule has 1 fully saturated rings. The molecule has 0 aliphatic heterocycles.